The van der Waals surface area contributed by atoms with E-state index in [1.165, 1.54) is 0 Å². The molecule has 0 bridgehead atoms. The number of fused-ring (bicyclic) bond motifs is 1. The highest BCUT2D eigenvalue weighted by Crippen LogP contribution is 2.11. The molecule has 0 aliphatic heterocycles. The lowest BCUT2D eigenvalue weighted by atomic mass is 10.1. The van der Waals surface area contributed by atoms with Gasteiger partial charge in [0.15, 0.2) is 5.65 Å². The molecule has 0 aromatic carbocycles. The first-order valence-electron chi connectivity index (χ1n) is 5.05. The zero-order chi connectivity index (χ0) is 11.5. The number of ether oxygens (including phenoxy) is 1. The number of nitrogens with zero attached hydrogens (tertiary/aromatic N) is 4. The van der Waals surface area contributed by atoms with Gasteiger partial charge in [-0.05, 0) is 5.92 Å². The third-order valence-corrected chi connectivity index (χ3v) is 2.53. The zero-order valence-corrected chi connectivity index (χ0v) is 9.98. The first-order valence-corrected chi connectivity index (χ1v) is 5.42. The van der Waals surface area contributed by atoms with Crippen molar-refractivity contribution < 1.29 is 4.74 Å². The van der Waals surface area contributed by atoms with Gasteiger partial charge in [-0.2, -0.15) is 0 Å². The van der Waals surface area contributed by atoms with Crippen LogP contribution >= 0.6 is 11.6 Å². The summed E-state index contributed by atoms with van der Waals surface area (Å²) in [5, 5.41) is 8.59. The van der Waals surface area contributed by atoms with Gasteiger partial charge in [-0.15, -0.1) is 10.2 Å². The van der Waals surface area contributed by atoms with E-state index in [0.717, 1.165) is 17.9 Å². The molecule has 16 heavy (non-hydrogen) atoms. The molecule has 0 saturated carbocycles. The van der Waals surface area contributed by atoms with Crippen molar-refractivity contribution in [3.8, 4) is 0 Å². The zero-order valence-electron chi connectivity index (χ0n) is 9.22. The standard InChI is InChI=1S/C10H13ClN4O/c1-7(5-16-2)3-9-13-14-10-4-8(11)12-6-15(9)10/h4,6-7H,3,5H2,1-2H3. The van der Waals surface area contributed by atoms with Crippen molar-refractivity contribution >= 4 is 17.2 Å². The summed E-state index contributed by atoms with van der Waals surface area (Å²) < 4.78 is 6.93. The van der Waals surface area contributed by atoms with Gasteiger partial charge in [0.1, 0.15) is 17.3 Å². The molecule has 0 radical (unpaired) electrons. The van der Waals surface area contributed by atoms with E-state index in [2.05, 4.69) is 22.1 Å². The SMILES string of the molecule is COCC(C)Cc1nnc2cc(Cl)ncn12. The monoisotopic (exact) mass is 240 g/mol. The van der Waals surface area contributed by atoms with Crippen LogP contribution < -0.4 is 0 Å². The third kappa shape index (κ3) is 2.31. The molecule has 0 spiro atoms. The molecule has 0 aliphatic rings. The summed E-state index contributed by atoms with van der Waals surface area (Å²) >= 11 is 5.77. The molecular weight excluding hydrogens is 228 g/mol. The fourth-order valence-electron chi connectivity index (χ4n) is 1.61. The van der Waals surface area contributed by atoms with Gasteiger partial charge >= 0.3 is 0 Å². The van der Waals surface area contributed by atoms with Gasteiger partial charge in [0.25, 0.3) is 0 Å². The Balaban J connectivity index is 2.25. The van der Waals surface area contributed by atoms with E-state index >= 15 is 0 Å². The van der Waals surface area contributed by atoms with Gasteiger partial charge in [0.2, 0.25) is 0 Å². The molecule has 2 rings (SSSR count). The summed E-state index contributed by atoms with van der Waals surface area (Å²) in [6, 6.07) is 1.69. The summed E-state index contributed by atoms with van der Waals surface area (Å²) in [5.41, 5.74) is 0.722. The molecule has 0 N–H and O–H groups in total. The van der Waals surface area contributed by atoms with Gasteiger partial charge < -0.3 is 4.74 Å². The van der Waals surface area contributed by atoms with Crippen LogP contribution in [-0.4, -0.2) is 33.3 Å². The van der Waals surface area contributed by atoms with E-state index in [-0.39, 0.29) is 0 Å². The number of hydrogen-bond donors (Lipinski definition) is 0. The molecule has 0 aliphatic carbocycles. The molecule has 5 nitrogen and oxygen atoms in total. The van der Waals surface area contributed by atoms with E-state index < -0.39 is 0 Å². The second-order valence-electron chi connectivity index (χ2n) is 3.82. The van der Waals surface area contributed by atoms with Crippen molar-refractivity contribution in [2.45, 2.75) is 13.3 Å². The largest absolute Gasteiger partial charge is 0.384 e. The lowest BCUT2D eigenvalue weighted by Gasteiger charge is -2.07. The van der Waals surface area contributed by atoms with E-state index in [0.29, 0.717) is 17.7 Å². The van der Waals surface area contributed by atoms with E-state index in [1.807, 2.05) is 4.40 Å². The summed E-state index contributed by atoms with van der Waals surface area (Å²) in [7, 11) is 1.69. The molecular formula is C10H13ClN4O. The fraction of sp³-hybridized carbons (Fsp3) is 0.500. The minimum absolute atomic E-state index is 0.396. The van der Waals surface area contributed by atoms with E-state index in [9.17, 15) is 0 Å². The van der Waals surface area contributed by atoms with Crippen molar-refractivity contribution in [2.75, 3.05) is 13.7 Å². The average Bonchev–Trinajstić information content (AvgIpc) is 2.61. The maximum Gasteiger partial charge on any atom is 0.165 e. The van der Waals surface area contributed by atoms with Crippen LogP contribution in [-0.2, 0) is 11.2 Å². The van der Waals surface area contributed by atoms with Gasteiger partial charge in [0, 0.05) is 26.2 Å². The average molecular weight is 241 g/mol. The highest BCUT2D eigenvalue weighted by Gasteiger charge is 2.10. The van der Waals surface area contributed by atoms with Crippen LogP contribution in [0.25, 0.3) is 5.65 Å². The first-order chi connectivity index (χ1) is 7.70. The van der Waals surface area contributed by atoms with Crippen molar-refractivity contribution in [1.29, 1.82) is 0 Å². The molecule has 2 heterocycles. The van der Waals surface area contributed by atoms with E-state index in [1.54, 1.807) is 19.5 Å². The Morgan fingerprint density at radius 3 is 3.06 bits per heavy atom. The lowest BCUT2D eigenvalue weighted by Crippen LogP contribution is -2.09. The van der Waals surface area contributed by atoms with Crippen LogP contribution in [0.4, 0.5) is 0 Å². The quantitative estimate of drug-likeness (QED) is 0.762. The van der Waals surface area contributed by atoms with Crippen LogP contribution in [0.3, 0.4) is 0 Å². The molecule has 0 fully saturated rings. The second kappa shape index (κ2) is 4.76. The summed E-state index contributed by atoms with van der Waals surface area (Å²) in [6.45, 7) is 2.81. The number of methoxy groups -OCH3 is 1. The van der Waals surface area contributed by atoms with Gasteiger partial charge in [0.05, 0.1) is 0 Å². The molecule has 0 saturated heterocycles. The lowest BCUT2D eigenvalue weighted by molar-refractivity contribution is 0.158. The molecule has 6 heteroatoms. The first kappa shape index (κ1) is 11.3. The number of hydrogen-bond acceptors (Lipinski definition) is 4. The Morgan fingerprint density at radius 2 is 2.31 bits per heavy atom. The fourth-order valence-corrected chi connectivity index (χ4v) is 1.75. The Bertz CT molecular complexity index is 485. The molecule has 0 amide bonds. The Labute approximate surface area is 98.4 Å². The number of halogens is 1. The summed E-state index contributed by atoms with van der Waals surface area (Å²) in [5.74, 6) is 1.27. The maximum absolute atomic E-state index is 5.77. The maximum atomic E-state index is 5.77. The molecule has 1 atom stereocenters. The van der Waals surface area contributed by atoms with Crippen LogP contribution in [0.2, 0.25) is 5.15 Å². The van der Waals surface area contributed by atoms with Gasteiger partial charge in [-0.3, -0.25) is 4.40 Å². The van der Waals surface area contributed by atoms with Crippen LogP contribution in [0, 0.1) is 5.92 Å². The predicted octanol–water partition coefficient (Wildman–Crippen LogP) is 1.60. The topological polar surface area (TPSA) is 52.3 Å². The Morgan fingerprint density at radius 1 is 1.50 bits per heavy atom. The third-order valence-electron chi connectivity index (χ3n) is 2.32. The highest BCUT2D eigenvalue weighted by molar-refractivity contribution is 6.29. The predicted molar refractivity (Wildman–Crippen MR) is 60.5 cm³/mol. The Hall–Kier alpha value is -1.20. The van der Waals surface area contributed by atoms with Gasteiger partial charge in [-0.25, -0.2) is 4.98 Å². The van der Waals surface area contributed by atoms with Gasteiger partial charge in [-0.1, -0.05) is 18.5 Å². The molecule has 86 valence electrons. The molecule has 2 aromatic rings. The number of aromatic nitrogens is 4. The van der Waals surface area contributed by atoms with Crippen molar-refractivity contribution in [1.82, 2.24) is 19.6 Å². The van der Waals surface area contributed by atoms with E-state index in [4.69, 9.17) is 16.3 Å². The van der Waals surface area contributed by atoms with Crippen molar-refractivity contribution in [2.24, 2.45) is 5.92 Å². The smallest absolute Gasteiger partial charge is 0.165 e. The van der Waals surface area contributed by atoms with Crippen LogP contribution in [0.15, 0.2) is 12.4 Å². The minimum Gasteiger partial charge on any atom is -0.384 e. The van der Waals surface area contributed by atoms with Crippen LogP contribution in [0.5, 0.6) is 0 Å². The molecule has 2 aromatic heterocycles. The second-order valence-corrected chi connectivity index (χ2v) is 4.21. The van der Waals surface area contributed by atoms with Crippen LogP contribution in [0.1, 0.15) is 12.7 Å². The molecule has 1 unspecified atom stereocenters. The normalized spacial score (nSPS) is 13.2. The summed E-state index contributed by atoms with van der Waals surface area (Å²) in [6.07, 6.45) is 2.45. The Kier molecular flexibility index (Phi) is 3.36. The van der Waals surface area contributed by atoms with Crippen molar-refractivity contribution in [3.05, 3.63) is 23.4 Å². The van der Waals surface area contributed by atoms with Crippen molar-refractivity contribution in [3.63, 3.8) is 0 Å². The highest BCUT2D eigenvalue weighted by atomic mass is 35.5. The number of rotatable bonds is 4. The summed E-state index contributed by atoms with van der Waals surface area (Å²) in [4.78, 5) is 4.01. The minimum atomic E-state index is 0.396.